The molecule has 0 saturated carbocycles. The summed E-state index contributed by atoms with van der Waals surface area (Å²) in [5.41, 5.74) is 2.92. The van der Waals surface area contributed by atoms with Crippen LogP contribution in [0.5, 0.6) is 0 Å². The van der Waals surface area contributed by atoms with Crippen LogP contribution in [0.2, 0.25) is 0 Å². The molecule has 1 aromatic carbocycles. The number of thioether (sulfide) groups is 1. The highest BCUT2D eigenvalue weighted by molar-refractivity contribution is 8.02. The number of aryl methyl sites for hydroxylation is 2. The van der Waals surface area contributed by atoms with E-state index in [1.54, 1.807) is 6.92 Å². The zero-order valence-electron chi connectivity index (χ0n) is 13.5. The van der Waals surface area contributed by atoms with Gasteiger partial charge in [-0.25, -0.2) is 4.79 Å². The Bertz CT molecular complexity index is 748. The van der Waals surface area contributed by atoms with Crippen molar-refractivity contribution in [2.45, 2.75) is 36.8 Å². The molecule has 128 valence electrons. The Hall–Kier alpha value is -2.13. The number of urea groups is 1. The maximum Gasteiger partial charge on any atom is 0.325 e. The average molecular weight is 366 g/mol. The van der Waals surface area contributed by atoms with Crippen LogP contribution in [0.4, 0.5) is 15.6 Å². The number of carboxylic acids is 1. The van der Waals surface area contributed by atoms with E-state index in [9.17, 15) is 9.59 Å². The molecule has 2 amide bonds. The number of benzene rings is 1. The minimum absolute atomic E-state index is 0.319. The first-order valence-corrected chi connectivity index (χ1v) is 8.97. The van der Waals surface area contributed by atoms with Gasteiger partial charge in [-0.05, 0) is 43.5 Å². The maximum atomic E-state index is 12.0. The standard InChI is InChI=1S/C15H18N4O3S2/c1-4-11(12(20)21)23-15-19-18-14(24-15)17-13(22)16-10-6-5-8(2)9(3)7-10/h5-7,11H,4H2,1-3H3,(H,20,21)(H2,16,17,18,22). The van der Waals surface area contributed by atoms with Gasteiger partial charge in [0.15, 0.2) is 4.34 Å². The number of amides is 2. The molecule has 0 fully saturated rings. The minimum Gasteiger partial charge on any atom is -0.480 e. The SMILES string of the molecule is CCC(Sc1nnc(NC(=O)Nc2ccc(C)c(C)c2)s1)C(=O)O. The van der Waals surface area contributed by atoms with Crippen molar-refractivity contribution >= 4 is 45.9 Å². The number of carbonyl (C=O) groups is 2. The van der Waals surface area contributed by atoms with Crippen LogP contribution in [-0.4, -0.2) is 32.6 Å². The summed E-state index contributed by atoms with van der Waals surface area (Å²) in [6, 6.07) is 5.22. The van der Waals surface area contributed by atoms with Crippen LogP contribution >= 0.6 is 23.1 Å². The van der Waals surface area contributed by atoms with Crippen LogP contribution in [0.1, 0.15) is 24.5 Å². The maximum absolute atomic E-state index is 12.0. The normalized spacial score (nSPS) is 11.8. The van der Waals surface area contributed by atoms with Gasteiger partial charge in [0.1, 0.15) is 5.25 Å². The van der Waals surface area contributed by atoms with Crippen molar-refractivity contribution < 1.29 is 14.7 Å². The molecule has 0 radical (unpaired) electrons. The summed E-state index contributed by atoms with van der Waals surface area (Å²) in [5.74, 6) is -0.889. The lowest BCUT2D eigenvalue weighted by Gasteiger charge is -2.07. The summed E-state index contributed by atoms with van der Waals surface area (Å²) < 4.78 is 0.505. The molecule has 1 heterocycles. The molecule has 1 atom stereocenters. The van der Waals surface area contributed by atoms with E-state index in [2.05, 4.69) is 20.8 Å². The number of rotatable bonds is 6. The predicted octanol–water partition coefficient (Wildman–Crippen LogP) is 3.75. The Morgan fingerprint density at radius 1 is 1.25 bits per heavy atom. The van der Waals surface area contributed by atoms with Crippen LogP contribution in [0.15, 0.2) is 22.5 Å². The van der Waals surface area contributed by atoms with E-state index in [1.165, 1.54) is 0 Å². The van der Waals surface area contributed by atoms with Crippen molar-refractivity contribution in [3.63, 3.8) is 0 Å². The van der Waals surface area contributed by atoms with Gasteiger partial charge in [0, 0.05) is 5.69 Å². The van der Waals surface area contributed by atoms with Gasteiger partial charge in [-0.1, -0.05) is 36.1 Å². The second-order valence-corrected chi connectivity index (χ2v) is 7.53. The van der Waals surface area contributed by atoms with Crippen molar-refractivity contribution in [1.29, 1.82) is 0 Å². The van der Waals surface area contributed by atoms with Crippen LogP contribution < -0.4 is 10.6 Å². The fourth-order valence-electron chi connectivity index (χ4n) is 1.82. The third-order valence-corrected chi connectivity index (χ3v) is 5.56. The van der Waals surface area contributed by atoms with Crippen molar-refractivity contribution in [3.8, 4) is 0 Å². The third kappa shape index (κ3) is 4.93. The third-order valence-electron chi connectivity index (χ3n) is 3.28. The van der Waals surface area contributed by atoms with Gasteiger partial charge in [0.05, 0.1) is 0 Å². The van der Waals surface area contributed by atoms with E-state index in [0.717, 1.165) is 34.2 Å². The second kappa shape index (κ2) is 8.11. The summed E-state index contributed by atoms with van der Waals surface area (Å²) in [4.78, 5) is 23.0. The molecule has 9 heteroatoms. The fourth-order valence-corrected chi connectivity index (χ4v) is 3.67. The number of nitrogens with one attached hydrogen (secondary N) is 2. The van der Waals surface area contributed by atoms with Crippen molar-refractivity contribution in [1.82, 2.24) is 10.2 Å². The molecule has 2 aromatic rings. The number of anilines is 2. The van der Waals surface area contributed by atoms with Crippen molar-refractivity contribution in [3.05, 3.63) is 29.3 Å². The summed E-state index contributed by atoms with van der Waals surface area (Å²) >= 11 is 2.27. The van der Waals surface area contributed by atoms with E-state index in [1.807, 2.05) is 32.0 Å². The lowest BCUT2D eigenvalue weighted by atomic mass is 10.1. The first-order chi connectivity index (χ1) is 11.4. The van der Waals surface area contributed by atoms with E-state index < -0.39 is 17.3 Å². The van der Waals surface area contributed by atoms with Gasteiger partial charge in [-0.2, -0.15) is 0 Å². The molecule has 0 saturated heterocycles. The zero-order chi connectivity index (χ0) is 17.7. The Morgan fingerprint density at radius 2 is 2.00 bits per heavy atom. The number of aromatic nitrogens is 2. The van der Waals surface area contributed by atoms with Crippen LogP contribution in [-0.2, 0) is 4.79 Å². The van der Waals surface area contributed by atoms with Crippen LogP contribution in [0.25, 0.3) is 0 Å². The van der Waals surface area contributed by atoms with Gasteiger partial charge >= 0.3 is 12.0 Å². The molecule has 0 bridgehead atoms. The molecule has 1 unspecified atom stereocenters. The molecular weight excluding hydrogens is 348 g/mol. The highest BCUT2D eigenvalue weighted by Crippen LogP contribution is 2.30. The molecule has 2 rings (SSSR count). The molecule has 0 spiro atoms. The summed E-state index contributed by atoms with van der Waals surface area (Å²) in [6.07, 6.45) is 0.482. The van der Waals surface area contributed by atoms with Gasteiger partial charge in [0.2, 0.25) is 5.13 Å². The summed E-state index contributed by atoms with van der Waals surface area (Å²) in [6.45, 7) is 5.77. The predicted molar refractivity (Wildman–Crippen MR) is 96.0 cm³/mol. The van der Waals surface area contributed by atoms with E-state index in [4.69, 9.17) is 5.11 Å². The highest BCUT2D eigenvalue weighted by atomic mass is 32.2. The van der Waals surface area contributed by atoms with Crippen LogP contribution in [0.3, 0.4) is 0 Å². The second-order valence-electron chi connectivity index (χ2n) is 5.10. The van der Waals surface area contributed by atoms with Crippen molar-refractivity contribution in [2.75, 3.05) is 10.6 Å². The highest BCUT2D eigenvalue weighted by Gasteiger charge is 2.19. The van der Waals surface area contributed by atoms with Gasteiger partial charge < -0.3 is 10.4 Å². The molecular formula is C15H18N4O3S2. The summed E-state index contributed by atoms with van der Waals surface area (Å²) in [5, 5.41) is 21.9. The zero-order valence-corrected chi connectivity index (χ0v) is 15.1. The fraction of sp³-hybridized carbons (Fsp3) is 0.333. The Balaban J connectivity index is 1.95. The molecule has 0 aliphatic heterocycles. The number of hydrogen-bond acceptors (Lipinski definition) is 6. The largest absolute Gasteiger partial charge is 0.480 e. The lowest BCUT2D eigenvalue weighted by molar-refractivity contribution is -0.136. The minimum atomic E-state index is -0.889. The first kappa shape index (κ1) is 18.2. The first-order valence-electron chi connectivity index (χ1n) is 7.27. The number of nitrogens with zero attached hydrogens (tertiary/aromatic N) is 2. The monoisotopic (exact) mass is 366 g/mol. The Kier molecular flexibility index (Phi) is 6.16. The van der Waals surface area contributed by atoms with E-state index in [0.29, 0.717) is 21.6 Å². The molecule has 0 aliphatic rings. The molecule has 3 N–H and O–H groups in total. The van der Waals surface area contributed by atoms with Crippen LogP contribution in [0, 0.1) is 13.8 Å². The van der Waals surface area contributed by atoms with Gasteiger partial charge in [-0.3, -0.25) is 10.1 Å². The summed E-state index contributed by atoms with van der Waals surface area (Å²) in [7, 11) is 0. The average Bonchev–Trinajstić information content (AvgIpc) is 2.95. The lowest BCUT2D eigenvalue weighted by Crippen LogP contribution is -2.19. The Morgan fingerprint density at radius 3 is 2.62 bits per heavy atom. The van der Waals surface area contributed by atoms with E-state index >= 15 is 0 Å². The smallest absolute Gasteiger partial charge is 0.325 e. The number of carboxylic acid groups (broad SMARTS) is 1. The number of carbonyl (C=O) groups excluding carboxylic acids is 1. The topological polar surface area (TPSA) is 104 Å². The quantitative estimate of drug-likeness (QED) is 0.531. The van der Waals surface area contributed by atoms with Gasteiger partial charge in [-0.15, -0.1) is 10.2 Å². The molecule has 24 heavy (non-hydrogen) atoms. The number of aliphatic carboxylic acids is 1. The van der Waals surface area contributed by atoms with Gasteiger partial charge in [0.25, 0.3) is 0 Å². The molecule has 0 aliphatic carbocycles. The van der Waals surface area contributed by atoms with E-state index in [-0.39, 0.29) is 0 Å². The Labute approximate surface area is 147 Å². The van der Waals surface area contributed by atoms with Crippen molar-refractivity contribution in [2.24, 2.45) is 0 Å². The number of hydrogen-bond donors (Lipinski definition) is 3. The molecule has 7 nitrogen and oxygen atoms in total. The molecule has 1 aromatic heterocycles.